The predicted octanol–water partition coefficient (Wildman–Crippen LogP) is 2.58. The normalized spacial score (nSPS) is 10.4. The zero-order valence-electron chi connectivity index (χ0n) is 12.1. The zero-order valence-corrected chi connectivity index (χ0v) is 12.1. The van der Waals surface area contributed by atoms with Crippen molar-refractivity contribution in [2.75, 3.05) is 6.54 Å². The van der Waals surface area contributed by atoms with Crippen LogP contribution in [0.2, 0.25) is 0 Å². The van der Waals surface area contributed by atoms with Crippen molar-refractivity contribution in [2.45, 2.75) is 6.92 Å². The van der Waals surface area contributed by atoms with E-state index in [1.165, 1.54) is 11.0 Å². The van der Waals surface area contributed by atoms with Crippen LogP contribution in [-0.2, 0) is 0 Å². The number of nitrogens with one attached hydrogen (secondary N) is 1. The molecule has 0 spiro atoms. The fourth-order valence-electron chi connectivity index (χ4n) is 2.16. The highest BCUT2D eigenvalue weighted by Crippen LogP contribution is 2.29. The van der Waals surface area contributed by atoms with Gasteiger partial charge in [0, 0.05) is 30.1 Å². The third-order valence-electron chi connectivity index (χ3n) is 3.16. The number of carbonyl (C=O) groups excluding carboxylic acids is 1. The Morgan fingerprint density at radius 3 is 2.73 bits per heavy atom. The minimum Gasteiger partial charge on any atom is -0.336 e. The first-order valence-electron chi connectivity index (χ1n) is 6.99. The summed E-state index contributed by atoms with van der Waals surface area (Å²) >= 11 is 0. The van der Waals surface area contributed by atoms with Gasteiger partial charge in [0.25, 0.3) is 0 Å². The second kappa shape index (κ2) is 6.17. The molecule has 3 aromatic rings. The summed E-state index contributed by atoms with van der Waals surface area (Å²) in [5.41, 5.74) is 3.16. The molecule has 0 fully saturated rings. The number of hydrogen-bond acceptors (Lipinski definition) is 4. The van der Waals surface area contributed by atoms with Crippen LogP contribution >= 0.6 is 0 Å². The number of amides is 1. The van der Waals surface area contributed by atoms with E-state index in [4.69, 9.17) is 0 Å². The Kier molecular flexibility index (Phi) is 3.91. The molecule has 0 atom stereocenters. The van der Waals surface area contributed by atoms with Crippen LogP contribution in [0.25, 0.3) is 22.5 Å². The van der Waals surface area contributed by atoms with Gasteiger partial charge >= 0.3 is 6.03 Å². The first kappa shape index (κ1) is 13.9. The second-order valence-electron chi connectivity index (χ2n) is 4.63. The molecule has 1 N–H and O–H groups in total. The molecule has 2 heterocycles. The maximum Gasteiger partial charge on any atom is 0.342 e. The molecular weight excluding hydrogens is 278 g/mol. The van der Waals surface area contributed by atoms with Gasteiger partial charge in [-0.05, 0) is 13.0 Å². The van der Waals surface area contributed by atoms with Gasteiger partial charge in [-0.1, -0.05) is 30.3 Å². The molecule has 6 heteroatoms. The first-order chi connectivity index (χ1) is 10.8. The molecule has 0 radical (unpaired) electrons. The molecular formula is C16H15N5O. The molecule has 2 aromatic heterocycles. The molecule has 6 nitrogen and oxygen atoms in total. The monoisotopic (exact) mass is 293 g/mol. The second-order valence-corrected chi connectivity index (χ2v) is 4.63. The Balaban J connectivity index is 2.12. The molecule has 0 saturated heterocycles. The Bertz CT molecular complexity index is 711. The van der Waals surface area contributed by atoms with E-state index < -0.39 is 0 Å². The number of nitrogens with zero attached hydrogens (tertiary/aromatic N) is 4. The Hall–Kier alpha value is -3.02. The van der Waals surface area contributed by atoms with E-state index in [1.54, 1.807) is 18.5 Å². The molecule has 3 rings (SSSR count). The van der Waals surface area contributed by atoms with Gasteiger partial charge in [-0.2, -0.15) is 9.78 Å². The van der Waals surface area contributed by atoms with Gasteiger partial charge in [0.1, 0.15) is 12.0 Å². The van der Waals surface area contributed by atoms with Crippen LogP contribution in [0.5, 0.6) is 0 Å². The molecule has 0 saturated carbocycles. The van der Waals surface area contributed by atoms with Gasteiger partial charge in [0.15, 0.2) is 0 Å². The lowest BCUT2D eigenvalue weighted by Crippen LogP contribution is -2.28. The summed E-state index contributed by atoms with van der Waals surface area (Å²) in [4.78, 5) is 20.2. The van der Waals surface area contributed by atoms with Crippen molar-refractivity contribution in [3.8, 4) is 22.5 Å². The number of hydrogen-bond donors (Lipinski definition) is 1. The minimum atomic E-state index is -0.264. The highest BCUT2D eigenvalue weighted by Gasteiger charge is 2.16. The number of carbonyl (C=O) groups is 1. The van der Waals surface area contributed by atoms with E-state index in [0.29, 0.717) is 12.2 Å². The van der Waals surface area contributed by atoms with Crippen LogP contribution in [0.3, 0.4) is 0 Å². The third kappa shape index (κ3) is 2.71. The van der Waals surface area contributed by atoms with Gasteiger partial charge in [0.2, 0.25) is 0 Å². The maximum absolute atomic E-state index is 12.0. The first-order valence-corrected chi connectivity index (χ1v) is 6.99. The molecule has 22 heavy (non-hydrogen) atoms. The van der Waals surface area contributed by atoms with Gasteiger partial charge in [0.05, 0.1) is 5.69 Å². The van der Waals surface area contributed by atoms with E-state index in [9.17, 15) is 4.79 Å². The van der Waals surface area contributed by atoms with E-state index in [-0.39, 0.29) is 6.03 Å². The fourth-order valence-corrected chi connectivity index (χ4v) is 2.16. The summed E-state index contributed by atoms with van der Waals surface area (Å²) in [6, 6.07) is 11.2. The third-order valence-corrected chi connectivity index (χ3v) is 3.16. The average molecular weight is 293 g/mol. The molecule has 0 bridgehead atoms. The van der Waals surface area contributed by atoms with Crippen LogP contribution < -0.4 is 5.32 Å². The smallest absolute Gasteiger partial charge is 0.336 e. The van der Waals surface area contributed by atoms with Crippen molar-refractivity contribution in [3.05, 3.63) is 55.1 Å². The molecule has 0 unspecified atom stereocenters. The Morgan fingerprint density at radius 2 is 2.05 bits per heavy atom. The van der Waals surface area contributed by atoms with E-state index in [2.05, 4.69) is 20.4 Å². The van der Waals surface area contributed by atoms with Crippen molar-refractivity contribution in [1.82, 2.24) is 25.1 Å². The van der Waals surface area contributed by atoms with Gasteiger partial charge < -0.3 is 5.32 Å². The lowest BCUT2D eigenvalue weighted by molar-refractivity contribution is 0.240. The topological polar surface area (TPSA) is 72.7 Å². The predicted molar refractivity (Wildman–Crippen MR) is 83.2 cm³/mol. The van der Waals surface area contributed by atoms with Crippen molar-refractivity contribution in [2.24, 2.45) is 0 Å². The summed E-state index contributed by atoms with van der Waals surface area (Å²) in [5, 5.41) is 7.15. The van der Waals surface area contributed by atoms with Crippen molar-refractivity contribution >= 4 is 6.03 Å². The van der Waals surface area contributed by atoms with E-state index in [1.807, 2.05) is 37.3 Å². The largest absolute Gasteiger partial charge is 0.342 e. The highest BCUT2D eigenvalue weighted by atomic mass is 16.2. The summed E-state index contributed by atoms with van der Waals surface area (Å²) < 4.78 is 1.31. The molecule has 1 amide bonds. The van der Waals surface area contributed by atoms with Crippen LogP contribution in [-0.4, -0.2) is 32.3 Å². The number of aromatic nitrogens is 4. The highest BCUT2D eigenvalue weighted by molar-refractivity contribution is 5.83. The number of rotatable bonds is 3. The fraction of sp³-hybridized carbons (Fsp3) is 0.125. The quantitative estimate of drug-likeness (QED) is 0.805. The summed E-state index contributed by atoms with van der Waals surface area (Å²) in [6.07, 6.45) is 4.84. The molecule has 0 aliphatic rings. The molecule has 110 valence electrons. The van der Waals surface area contributed by atoms with Gasteiger partial charge in [-0.25, -0.2) is 14.8 Å². The van der Waals surface area contributed by atoms with Crippen molar-refractivity contribution < 1.29 is 4.79 Å². The molecule has 0 aliphatic carbocycles. The molecule has 1 aromatic carbocycles. The van der Waals surface area contributed by atoms with Crippen LogP contribution in [0.1, 0.15) is 6.92 Å². The van der Waals surface area contributed by atoms with Crippen molar-refractivity contribution in [1.29, 1.82) is 0 Å². The maximum atomic E-state index is 12.0. The van der Waals surface area contributed by atoms with Gasteiger partial charge in [-0.3, -0.25) is 0 Å². The van der Waals surface area contributed by atoms with Crippen LogP contribution in [0, 0.1) is 0 Å². The van der Waals surface area contributed by atoms with E-state index in [0.717, 1.165) is 16.8 Å². The van der Waals surface area contributed by atoms with Crippen molar-refractivity contribution in [3.63, 3.8) is 0 Å². The lowest BCUT2D eigenvalue weighted by atomic mass is 10.1. The lowest BCUT2D eigenvalue weighted by Gasteiger charge is -2.01. The molecule has 0 aliphatic heterocycles. The minimum absolute atomic E-state index is 0.264. The Morgan fingerprint density at radius 1 is 1.23 bits per heavy atom. The zero-order chi connectivity index (χ0) is 15.4. The number of benzene rings is 1. The summed E-state index contributed by atoms with van der Waals surface area (Å²) in [6.45, 7) is 2.41. The van der Waals surface area contributed by atoms with Gasteiger partial charge in [-0.15, -0.1) is 0 Å². The Labute approximate surface area is 127 Å². The van der Waals surface area contributed by atoms with E-state index >= 15 is 0 Å². The summed E-state index contributed by atoms with van der Waals surface area (Å²) in [5.74, 6) is 0. The summed E-state index contributed by atoms with van der Waals surface area (Å²) in [7, 11) is 0. The van der Waals surface area contributed by atoms with Crippen LogP contribution in [0.15, 0.2) is 55.1 Å². The SMILES string of the molecule is CCNC(=O)n1cc(-c2ccncn2)c(-c2ccccc2)n1. The van der Waals surface area contributed by atoms with Crippen LogP contribution in [0.4, 0.5) is 4.79 Å². The standard InChI is InChI=1S/C16H15N5O/c1-2-18-16(22)21-10-13(14-8-9-17-11-19-14)15(20-21)12-6-4-3-5-7-12/h3-11H,2H2,1H3,(H,18,22). The average Bonchev–Trinajstić information content (AvgIpc) is 3.02.